The van der Waals surface area contributed by atoms with Crippen LogP contribution in [0, 0.1) is 5.92 Å². The molecule has 3 aromatic carbocycles. The van der Waals surface area contributed by atoms with Crippen molar-refractivity contribution in [1.82, 2.24) is 4.90 Å². The lowest BCUT2D eigenvalue weighted by Gasteiger charge is -2.33. The van der Waals surface area contributed by atoms with Gasteiger partial charge in [0.05, 0.1) is 0 Å². The molecule has 0 aromatic heterocycles. The number of hydrogen-bond donors (Lipinski definition) is 1. The smallest absolute Gasteiger partial charge is 0.253 e. The molecule has 5 nitrogen and oxygen atoms in total. The quantitative estimate of drug-likeness (QED) is 0.414. The van der Waals surface area contributed by atoms with E-state index in [-0.39, 0.29) is 11.3 Å². The second kappa shape index (κ2) is 9.37. The van der Waals surface area contributed by atoms with Gasteiger partial charge in [-0.05, 0) is 73.2 Å². The monoisotopic (exact) mass is 497 g/mol. The van der Waals surface area contributed by atoms with E-state index < -0.39 is 5.43 Å². The van der Waals surface area contributed by atoms with Crippen LogP contribution in [0.2, 0.25) is 10.0 Å². The van der Waals surface area contributed by atoms with E-state index >= 15 is 0 Å². The zero-order valence-corrected chi connectivity index (χ0v) is 21.0. The molecule has 1 aliphatic carbocycles. The predicted octanol–water partition coefficient (Wildman–Crippen LogP) is 5.54. The zero-order valence-electron chi connectivity index (χ0n) is 19.5. The number of likely N-dealkylation sites (N-methyl/N-ethyl adjacent to an activating group) is 1. The lowest BCUT2D eigenvalue weighted by Crippen LogP contribution is -2.43. The van der Waals surface area contributed by atoms with Crippen molar-refractivity contribution in [1.29, 1.82) is 0 Å². The van der Waals surface area contributed by atoms with E-state index in [0.29, 0.717) is 27.3 Å². The van der Waals surface area contributed by atoms with Crippen molar-refractivity contribution in [2.75, 3.05) is 36.9 Å². The third-order valence-corrected chi connectivity index (χ3v) is 7.50. The molecular formula is C27H29Cl2N3O2. The Hall–Kier alpha value is -2.34. The fourth-order valence-electron chi connectivity index (χ4n) is 5.05. The van der Waals surface area contributed by atoms with Crippen molar-refractivity contribution < 1.29 is 0 Å². The summed E-state index contributed by atoms with van der Waals surface area (Å²) in [5.41, 5.74) is 4.41. The molecule has 0 radical (unpaired) electrons. The van der Waals surface area contributed by atoms with Gasteiger partial charge in [0.15, 0.2) is 0 Å². The fourth-order valence-corrected chi connectivity index (χ4v) is 5.62. The number of nitrogens with zero attached hydrogens (tertiary/aromatic N) is 2. The van der Waals surface area contributed by atoms with Crippen LogP contribution in [0.3, 0.4) is 0 Å². The van der Waals surface area contributed by atoms with Crippen molar-refractivity contribution in [3.8, 4) is 0 Å². The van der Waals surface area contributed by atoms with Crippen LogP contribution < -0.4 is 21.1 Å². The van der Waals surface area contributed by atoms with Gasteiger partial charge < -0.3 is 15.1 Å². The van der Waals surface area contributed by atoms with Crippen molar-refractivity contribution in [2.45, 2.75) is 38.6 Å². The lowest BCUT2D eigenvalue weighted by molar-refractivity contribution is 0.295. The predicted molar refractivity (Wildman–Crippen MR) is 141 cm³/mol. The Morgan fingerprint density at radius 3 is 2.50 bits per heavy atom. The molecule has 1 aliphatic heterocycles. The zero-order chi connectivity index (χ0) is 24.0. The van der Waals surface area contributed by atoms with Crippen LogP contribution in [0.25, 0.3) is 0 Å². The summed E-state index contributed by atoms with van der Waals surface area (Å²) in [5.74, 6) is 0.792. The lowest BCUT2D eigenvalue weighted by atomic mass is 9.84. The van der Waals surface area contributed by atoms with Gasteiger partial charge in [0.1, 0.15) is 11.4 Å². The number of nitrogens with one attached hydrogen (secondary N) is 1. The van der Waals surface area contributed by atoms with Crippen molar-refractivity contribution in [2.24, 2.45) is 5.92 Å². The van der Waals surface area contributed by atoms with Crippen LogP contribution in [-0.4, -0.2) is 31.6 Å². The highest BCUT2D eigenvalue weighted by Crippen LogP contribution is 2.39. The fraction of sp³-hybridized carbons (Fsp3) is 0.407. The largest absolute Gasteiger partial charge is 0.366 e. The summed E-state index contributed by atoms with van der Waals surface area (Å²) in [4.78, 5) is 29.2. The maximum absolute atomic E-state index is 12.4. The van der Waals surface area contributed by atoms with Crippen LogP contribution in [0.15, 0.2) is 46.0 Å². The molecule has 7 heteroatoms. The Morgan fingerprint density at radius 1 is 1.09 bits per heavy atom. The molecule has 1 fully saturated rings. The molecule has 0 bridgehead atoms. The topological polar surface area (TPSA) is 52.6 Å². The maximum atomic E-state index is 12.4. The Bertz CT molecular complexity index is 1280. The minimum atomic E-state index is -0.428. The number of fused-ring (bicyclic) bond motifs is 1. The summed E-state index contributed by atoms with van der Waals surface area (Å²) in [7, 11) is 2.09. The number of hydrogen-bond acceptors (Lipinski definition) is 5. The Kier molecular flexibility index (Phi) is 6.45. The summed E-state index contributed by atoms with van der Waals surface area (Å²) < 4.78 is 0. The van der Waals surface area contributed by atoms with Gasteiger partial charge in [0, 0.05) is 47.8 Å². The van der Waals surface area contributed by atoms with E-state index in [0.717, 1.165) is 55.0 Å². The highest BCUT2D eigenvalue weighted by molar-refractivity contribution is 6.35. The van der Waals surface area contributed by atoms with Gasteiger partial charge in [-0.1, -0.05) is 42.3 Å². The SMILES string of the molecule is CCCN(CC1CC1)c1c(Nc2ccc(C3CN(C)Cc4c(Cl)cc(Cl)cc43)cc2)c(=O)c1=O. The first kappa shape index (κ1) is 23.4. The molecule has 1 heterocycles. The van der Waals surface area contributed by atoms with E-state index in [2.05, 4.69) is 41.2 Å². The number of rotatable bonds is 8. The van der Waals surface area contributed by atoms with Crippen molar-refractivity contribution in [3.05, 3.63) is 83.6 Å². The van der Waals surface area contributed by atoms with Crippen LogP contribution in [0.4, 0.5) is 17.1 Å². The summed E-state index contributed by atoms with van der Waals surface area (Å²) in [6, 6.07) is 11.9. The van der Waals surface area contributed by atoms with E-state index in [1.54, 1.807) is 6.07 Å². The highest BCUT2D eigenvalue weighted by atomic mass is 35.5. The minimum Gasteiger partial charge on any atom is -0.366 e. The molecule has 0 saturated heterocycles. The summed E-state index contributed by atoms with van der Waals surface area (Å²) >= 11 is 12.8. The number of anilines is 3. The number of benzene rings is 2. The second-order valence-electron chi connectivity index (χ2n) is 9.72. The van der Waals surface area contributed by atoms with Gasteiger partial charge in [0.2, 0.25) is 0 Å². The van der Waals surface area contributed by atoms with Gasteiger partial charge in [-0.25, -0.2) is 0 Å². The number of halogens is 2. The second-order valence-corrected chi connectivity index (χ2v) is 10.6. The average Bonchev–Trinajstić information content (AvgIpc) is 3.63. The third kappa shape index (κ3) is 4.49. The van der Waals surface area contributed by atoms with E-state index in [1.807, 2.05) is 18.2 Å². The summed E-state index contributed by atoms with van der Waals surface area (Å²) in [6.07, 6.45) is 3.34. The van der Waals surface area contributed by atoms with Gasteiger partial charge in [-0.3, -0.25) is 9.59 Å². The van der Waals surface area contributed by atoms with Gasteiger partial charge in [0.25, 0.3) is 10.9 Å². The molecule has 1 saturated carbocycles. The third-order valence-electron chi connectivity index (χ3n) is 6.95. The van der Waals surface area contributed by atoms with Crippen molar-refractivity contribution in [3.63, 3.8) is 0 Å². The molecule has 5 rings (SSSR count). The van der Waals surface area contributed by atoms with E-state index in [4.69, 9.17) is 23.2 Å². The first-order chi connectivity index (χ1) is 16.4. The van der Waals surface area contributed by atoms with Crippen LogP contribution in [-0.2, 0) is 6.54 Å². The molecule has 1 N–H and O–H groups in total. The van der Waals surface area contributed by atoms with Crippen LogP contribution in [0.5, 0.6) is 0 Å². The molecule has 0 amide bonds. The Labute approximate surface area is 210 Å². The molecule has 3 aromatic rings. The molecule has 0 spiro atoms. The van der Waals surface area contributed by atoms with Crippen LogP contribution >= 0.6 is 23.2 Å². The maximum Gasteiger partial charge on any atom is 0.253 e. The Morgan fingerprint density at radius 2 is 1.82 bits per heavy atom. The molecule has 1 atom stereocenters. The summed E-state index contributed by atoms with van der Waals surface area (Å²) in [6.45, 7) is 5.40. The average molecular weight is 498 g/mol. The van der Waals surface area contributed by atoms with E-state index in [1.165, 1.54) is 12.8 Å². The van der Waals surface area contributed by atoms with Gasteiger partial charge in [-0.2, -0.15) is 0 Å². The standard InChI is InChI=1S/C27H29Cl2N3O2/c1-3-10-32(13-16-4-5-16)25-24(26(33)27(25)34)30-19-8-6-17(7-9-19)21-14-31(2)15-22-20(21)11-18(28)12-23(22)29/h6-9,11-12,16,21,30H,3-5,10,13-15H2,1-2H3. The van der Waals surface area contributed by atoms with Crippen LogP contribution in [0.1, 0.15) is 48.8 Å². The molecule has 2 aliphatic rings. The van der Waals surface area contributed by atoms with Crippen molar-refractivity contribution >= 4 is 40.3 Å². The van der Waals surface area contributed by atoms with E-state index in [9.17, 15) is 9.59 Å². The first-order valence-corrected chi connectivity index (χ1v) is 12.7. The van der Waals surface area contributed by atoms with Gasteiger partial charge in [-0.15, -0.1) is 0 Å². The Balaban J connectivity index is 1.39. The summed E-state index contributed by atoms with van der Waals surface area (Å²) in [5, 5.41) is 4.58. The normalized spacial score (nSPS) is 18.2. The van der Waals surface area contributed by atoms with Gasteiger partial charge >= 0.3 is 0 Å². The highest BCUT2D eigenvalue weighted by Gasteiger charge is 2.31. The first-order valence-electron chi connectivity index (χ1n) is 12.0. The molecular weight excluding hydrogens is 469 g/mol. The molecule has 1 unspecified atom stereocenters. The molecule has 34 heavy (non-hydrogen) atoms. The minimum absolute atomic E-state index is 0.152. The molecule has 178 valence electrons.